The van der Waals surface area contributed by atoms with Crippen molar-refractivity contribution in [1.29, 1.82) is 0 Å². The quantitative estimate of drug-likeness (QED) is 0.439. The number of halogens is 3. The van der Waals surface area contributed by atoms with E-state index in [0.29, 0.717) is 23.5 Å². The topological polar surface area (TPSA) is 78.3 Å². The summed E-state index contributed by atoms with van der Waals surface area (Å²) in [6.07, 6.45) is 5.02. The van der Waals surface area contributed by atoms with Crippen LogP contribution in [-0.2, 0) is 0 Å². The second-order valence-corrected chi connectivity index (χ2v) is 6.45. The number of anilines is 1. The summed E-state index contributed by atoms with van der Waals surface area (Å²) in [6, 6.07) is 11.9. The molecule has 0 unspecified atom stereocenters. The van der Waals surface area contributed by atoms with Crippen LogP contribution in [0.4, 0.5) is 18.9 Å². The van der Waals surface area contributed by atoms with Gasteiger partial charge in [-0.1, -0.05) is 0 Å². The van der Waals surface area contributed by atoms with E-state index in [-0.39, 0.29) is 5.69 Å². The Labute approximate surface area is 180 Å². The molecule has 1 N–H and O–H groups in total. The molecule has 4 aromatic rings. The molecular weight excluding hydrogens is 425 g/mol. The van der Waals surface area contributed by atoms with Crippen molar-refractivity contribution in [3.63, 3.8) is 0 Å². The van der Waals surface area contributed by atoms with E-state index in [1.807, 2.05) is 24.5 Å². The molecule has 0 aliphatic heterocycles. The Morgan fingerprint density at radius 2 is 1.72 bits per heavy atom. The van der Waals surface area contributed by atoms with E-state index in [0.717, 1.165) is 7.11 Å². The molecule has 0 spiro atoms. The molecule has 1 amide bonds. The molecule has 0 bridgehead atoms. The SMILES string of the molecule is COc1c(F)c(F)cc(C(=O)Nc2ccc(Oc3cc(-n4cccc4)ncn3)cc2)c1F. The van der Waals surface area contributed by atoms with Gasteiger partial charge in [-0.05, 0) is 42.5 Å². The highest BCUT2D eigenvalue weighted by Crippen LogP contribution is 2.28. The zero-order chi connectivity index (χ0) is 22.7. The standard InChI is InChI=1S/C22H15F3N4O3/c1-31-21-19(24)15(10-16(23)20(21)25)22(30)28-13-4-6-14(7-5-13)32-18-11-17(26-12-27-18)29-8-2-3-9-29/h2-12H,1H3,(H,28,30). The normalized spacial score (nSPS) is 10.6. The first-order valence-electron chi connectivity index (χ1n) is 9.22. The van der Waals surface area contributed by atoms with Gasteiger partial charge in [-0.25, -0.2) is 18.7 Å². The van der Waals surface area contributed by atoms with Gasteiger partial charge in [-0.2, -0.15) is 4.39 Å². The van der Waals surface area contributed by atoms with E-state index in [1.165, 1.54) is 18.5 Å². The van der Waals surface area contributed by atoms with E-state index in [4.69, 9.17) is 4.74 Å². The molecule has 2 heterocycles. The van der Waals surface area contributed by atoms with Gasteiger partial charge in [-0.15, -0.1) is 0 Å². The largest absolute Gasteiger partial charge is 0.491 e. The summed E-state index contributed by atoms with van der Waals surface area (Å²) in [5.41, 5.74) is -0.416. The van der Waals surface area contributed by atoms with Gasteiger partial charge in [0.1, 0.15) is 17.9 Å². The highest BCUT2D eigenvalue weighted by molar-refractivity contribution is 6.04. The minimum Gasteiger partial charge on any atom is -0.491 e. The van der Waals surface area contributed by atoms with Crippen LogP contribution in [0.15, 0.2) is 67.3 Å². The molecule has 2 aromatic carbocycles. The van der Waals surface area contributed by atoms with Crippen LogP contribution in [-0.4, -0.2) is 27.6 Å². The highest BCUT2D eigenvalue weighted by atomic mass is 19.2. The summed E-state index contributed by atoms with van der Waals surface area (Å²) >= 11 is 0. The molecule has 4 rings (SSSR count). The van der Waals surface area contributed by atoms with Crippen molar-refractivity contribution in [3.05, 3.63) is 90.3 Å². The fourth-order valence-electron chi connectivity index (χ4n) is 2.86. The minimum absolute atomic E-state index is 0.279. The molecule has 0 saturated carbocycles. The summed E-state index contributed by atoms with van der Waals surface area (Å²) in [4.78, 5) is 20.6. The van der Waals surface area contributed by atoms with Gasteiger partial charge in [0.25, 0.3) is 5.91 Å². The summed E-state index contributed by atoms with van der Waals surface area (Å²) in [7, 11) is 0.973. The number of ether oxygens (including phenoxy) is 2. The van der Waals surface area contributed by atoms with Crippen LogP contribution >= 0.6 is 0 Å². The number of hydrogen-bond acceptors (Lipinski definition) is 5. The Morgan fingerprint density at radius 3 is 2.41 bits per heavy atom. The number of carbonyl (C=O) groups excluding carboxylic acids is 1. The van der Waals surface area contributed by atoms with Crippen LogP contribution in [0, 0.1) is 17.5 Å². The van der Waals surface area contributed by atoms with E-state index >= 15 is 0 Å². The average molecular weight is 440 g/mol. The lowest BCUT2D eigenvalue weighted by Gasteiger charge is -2.11. The van der Waals surface area contributed by atoms with Crippen molar-refractivity contribution in [3.8, 4) is 23.2 Å². The lowest BCUT2D eigenvalue weighted by molar-refractivity contribution is 0.102. The van der Waals surface area contributed by atoms with Crippen molar-refractivity contribution in [2.75, 3.05) is 12.4 Å². The molecule has 0 atom stereocenters. The van der Waals surface area contributed by atoms with Gasteiger partial charge in [0, 0.05) is 24.1 Å². The maximum absolute atomic E-state index is 14.3. The number of hydrogen-bond donors (Lipinski definition) is 1. The molecule has 32 heavy (non-hydrogen) atoms. The zero-order valence-corrected chi connectivity index (χ0v) is 16.6. The van der Waals surface area contributed by atoms with Crippen LogP contribution in [0.1, 0.15) is 10.4 Å². The molecule has 162 valence electrons. The number of amides is 1. The Hall–Kier alpha value is -4.34. The molecule has 7 nitrogen and oxygen atoms in total. The molecular formula is C22H15F3N4O3. The van der Waals surface area contributed by atoms with Crippen molar-refractivity contribution in [2.24, 2.45) is 0 Å². The molecule has 0 saturated heterocycles. The second kappa shape index (κ2) is 8.80. The van der Waals surface area contributed by atoms with Crippen molar-refractivity contribution in [1.82, 2.24) is 14.5 Å². The number of nitrogens with one attached hydrogen (secondary N) is 1. The zero-order valence-electron chi connectivity index (χ0n) is 16.6. The molecule has 10 heteroatoms. The van der Waals surface area contributed by atoms with Gasteiger partial charge in [-0.3, -0.25) is 4.79 Å². The first kappa shape index (κ1) is 20.9. The average Bonchev–Trinajstić information content (AvgIpc) is 3.33. The third-order valence-corrected chi connectivity index (χ3v) is 4.40. The van der Waals surface area contributed by atoms with Crippen molar-refractivity contribution >= 4 is 11.6 Å². The van der Waals surface area contributed by atoms with Crippen LogP contribution in [0.25, 0.3) is 5.82 Å². The smallest absolute Gasteiger partial charge is 0.258 e. The lowest BCUT2D eigenvalue weighted by Crippen LogP contribution is -2.15. The highest BCUT2D eigenvalue weighted by Gasteiger charge is 2.23. The Morgan fingerprint density at radius 1 is 1.00 bits per heavy atom. The third kappa shape index (κ3) is 4.24. The second-order valence-electron chi connectivity index (χ2n) is 6.45. The Kier molecular flexibility index (Phi) is 5.75. The third-order valence-electron chi connectivity index (χ3n) is 4.40. The predicted molar refractivity (Wildman–Crippen MR) is 109 cm³/mol. The number of carbonyl (C=O) groups is 1. The van der Waals surface area contributed by atoms with E-state index < -0.39 is 34.7 Å². The van der Waals surface area contributed by atoms with Crippen LogP contribution in [0.3, 0.4) is 0 Å². The summed E-state index contributed by atoms with van der Waals surface area (Å²) in [5.74, 6) is -4.81. The van der Waals surface area contributed by atoms with Gasteiger partial charge in [0.2, 0.25) is 11.7 Å². The van der Waals surface area contributed by atoms with Crippen LogP contribution in [0.5, 0.6) is 17.4 Å². The first-order chi connectivity index (χ1) is 15.5. The van der Waals surface area contributed by atoms with E-state index in [9.17, 15) is 18.0 Å². The van der Waals surface area contributed by atoms with E-state index in [1.54, 1.807) is 22.8 Å². The predicted octanol–water partition coefficient (Wildman–Crippen LogP) is 4.74. The van der Waals surface area contributed by atoms with Gasteiger partial charge < -0.3 is 19.4 Å². The molecule has 2 aromatic heterocycles. The summed E-state index contributed by atoms with van der Waals surface area (Å²) in [5, 5.41) is 2.41. The van der Waals surface area contributed by atoms with Crippen LogP contribution < -0.4 is 14.8 Å². The minimum atomic E-state index is -1.51. The van der Waals surface area contributed by atoms with Crippen LogP contribution in [0.2, 0.25) is 0 Å². The molecule has 0 aliphatic carbocycles. The maximum Gasteiger partial charge on any atom is 0.258 e. The lowest BCUT2D eigenvalue weighted by atomic mass is 10.1. The molecule has 0 radical (unpaired) electrons. The Balaban J connectivity index is 1.48. The number of rotatable bonds is 6. The van der Waals surface area contributed by atoms with Gasteiger partial charge >= 0.3 is 0 Å². The monoisotopic (exact) mass is 440 g/mol. The number of methoxy groups -OCH3 is 1. The maximum atomic E-state index is 14.3. The number of aromatic nitrogens is 3. The first-order valence-corrected chi connectivity index (χ1v) is 9.22. The number of nitrogens with zero attached hydrogens (tertiary/aromatic N) is 3. The van der Waals surface area contributed by atoms with E-state index in [2.05, 4.69) is 20.0 Å². The van der Waals surface area contributed by atoms with Crippen molar-refractivity contribution < 1.29 is 27.4 Å². The van der Waals surface area contributed by atoms with Crippen molar-refractivity contribution in [2.45, 2.75) is 0 Å². The summed E-state index contributed by atoms with van der Waals surface area (Å²) in [6.45, 7) is 0. The fraction of sp³-hybridized carbons (Fsp3) is 0.0455. The van der Waals surface area contributed by atoms with Gasteiger partial charge in [0.05, 0.1) is 12.7 Å². The Bertz CT molecular complexity index is 1260. The summed E-state index contributed by atoms with van der Waals surface area (Å²) < 4.78 is 53.5. The number of benzene rings is 2. The fourth-order valence-corrected chi connectivity index (χ4v) is 2.86. The molecule has 0 aliphatic rings. The molecule has 0 fully saturated rings. The van der Waals surface area contributed by atoms with Gasteiger partial charge in [0.15, 0.2) is 17.4 Å².